The highest BCUT2D eigenvalue weighted by atomic mass is 79.9. The van der Waals surface area contributed by atoms with Gasteiger partial charge in [0.25, 0.3) is 0 Å². The van der Waals surface area contributed by atoms with Gasteiger partial charge in [-0.3, -0.25) is 0 Å². The van der Waals surface area contributed by atoms with Crippen molar-refractivity contribution in [3.63, 3.8) is 0 Å². The average molecular weight is 357 g/mol. The second kappa shape index (κ2) is 5.14. The molecule has 0 unspecified atom stereocenters. The smallest absolute Gasteiger partial charge is 0.134 e. The van der Waals surface area contributed by atoms with Crippen LogP contribution in [0.1, 0.15) is 11.1 Å². The Morgan fingerprint density at radius 2 is 1.65 bits per heavy atom. The Bertz CT molecular complexity index is 532. The minimum absolute atomic E-state index is 0.764. The van der Waals surface area contributed by atoms with Gasteiger partial charge in [0, 0.05) is 16.2 Å². The molecular weight excluding hydrogens is 346 g/mol. The van der Waals surface area contributed by atoms with Gasteiger partial charge in [-0.15, -0.1) is 0 Å². The number of benzene rings is 1. The molecule has 0 spiro atoms. The minimum atomic E-state index is 0.764. The van der Waals surface area contributed by atoms with Crippen molar-refractivity contribution in [2.24, 2.45) is 0 Å². The van der Waals surface area contributed by atoms with Crippen molar-refractivity contribution < 1.29 is 0 Å². The van der Waals surface area contributed by atoms with Gasteiger partial charge >= 0.3 is 0 Å². The van der Waals surface area contributed by atoms with Crippen molar-refractivity contribution in [1.29, 1.82) is 0 Å². The van der Waals surface area contributed by atoms with Crippen LogP contribution in [0.3, 0.4) is 0 Å². The standard InChI is InChI=1S/C12H11Br2N3/c1-7-3-9(4-8(2)12(7)14)17-11-5-10(13)15-6-16-11/h3-6H,1-2H3,(H,15,16,17). The number of hydrogen-bond donors (Lipinski definition) is 1. The number of rotatable bonds is 2. The van der Waals surface area contributed by atoms with Crippen molar-refractivity contribution in [3.05, 3.63) is 44.7 Å². The summed E-state index contributed by atoms with van der Waals surface area (Å²) in [4.78, 5) is 8.14. The fraction of sp³-hybridized carbons (Fsp3) is 0.167. The molecule has 17 heavy (non-hydrogen) atoms. The summed E-state index contributed by atoms with van der Waals surface area (Å²) < 4.78 is 1.91. The zero-order chi connectivity index (χ0) is 12.4. The highest BCUT2D eigenvalue weighted by molar-refractivity contribution is 9.10. The highest BCUT2D eigenvalue weighted by Crippen LogP contribution is 2.26. The Kier molecular flexibility index (Phi) is 3.79. The van der Waals surface area contributed by atoms with Crippen LogP contribution in [0.25, 0.3) is 0 Å². The quantitative estimate of drug-likeness (QED) is 0.812. The van der Waals surface area contributed by atoms with Crippen molar-refractivity contribution in [2.45, 2.75) is 13.8 Å². The van der Waals surface area contributed by atoms with Crippen molar-refractivity contribution in [2.75, 3.05) is 5.32 Å². The zero-order valence-corrected chi connectivity index (χ0v) is 12.6. The number of nitrogens with one attached hydrogen (secondary N) is 1. The van der Waals surface area contributed by atoms with Crippen LogP contribution in [0, 0.1) is 13.8 Å². The molecule has 0 bridgehead atoms. The molecular formula is C12H11Br2N3. The molecule has 3 nitrogen and oxygen atoms in total. The lowest BCUT2D eigenvalue weighted by atomic mass is 10.1. The largest absolute Gasteiger partial charge is 0.340 e. The summed E-state index contributed by atoms with van der Waals surface area (Å²) in [5.74, 6) is 0.771. The summed E-state index contributed by atoms with van der Waals surface area (Å²) in [6.45, 7) is 4.14. The molecule has 1 heterocycles. The van der Waals surface area contributed by atoms with Crippen LogP contribution >= 0.6 is 31.9 Å². The van der Waals surface area contributed by atoms with E-state index in [1.165, 1.54) is 17.5 Å². The third kappa shape index (κ3) is 3.04. The van der Waals surface area contributed by atoms with Crippen LogP contribution < -0.4 is 5.32 Å². The molecule has 1 aromatic heterocycles. The predicted molar refractivity (Wildman–Crippen MR) is 76.6 cm³/mol. The van der Waals surface area contributed by atoms with E-state index in [0.717, 1.165) is 20.6 Å². The highest BCUT2D eigenvalue weighted by Gasteiger charge is 2.03. The first-order valence-corrected chi connectivity index (χ1v) is 6.66. The Morgan fingerprint density at radius 3 is 2.24 bits per heavy atom. The second-order valence-corrected chi connectivity index (χ2v) is 5.38. The number of anilines is 2. The van der Waals surface area contributed by atoms with Gasteiger partial charge in [0.05, 0.1) is 0 Å². The van der Waals surface area contributed by atoms with Crippen LogP contribution in [-0.4, -0.2) is 9.97 Å². The van der Waals surface area contributed by atoms with Gasteiger partial charge < -0.3 is 5.32 Å². The van der Waals surface area contributed by atoms with Gasteiger partial charge in [-0.1, -0.05) is 15.9 Å². The number of halogens is 2. The summed E-state index contributed by atoms with van der Waals surface area (Å²) in [7, 11) is 0. The molecule has 1 aromatic carbocycles. The van der Waals surface area contributed by atoms with E-state index in [0.29, 0.717) is 0 Å². The number of aryl methyl sites for hydroxylation is 2. The Hall–Kier alpha value is -0.940. The maximum Gasteiger partial charge on any atom is 0.134 e. The Balaban J connectivity index is 2.31. The lowest BCUT2D eigenvalue weighted by Crippen LogP contribution is -1.96. The summed E-state index contributed by atoms with van der Waals surface area (Å²) in [6, 6.07) is 5.99. The van der Waals surface area contributed by atoms with E-state index in [1.54, 1.807) is 0 Å². The molecule has 0 amide bonds. The fourth-order valence-electron chi connectivity index (χ4n) is 1.57. The summed E-state index contributed by atoms with van der Waals surface area (Å²) in [5.41, 5.74) is 3.41. The third-order valence-corrected chi connectivity index (χ3v) is 4.03. The molecule has 0 aliphatic rings. The van der Waals surface area contributed by atoms with Crippen LogP contribution in [0.5, 0.6) is 0 Å². The first-order valence-electron chi connectivity index (χ1n) is 5.07. The van der Waals surface area contributed by atoms with Crippen molar-refractivity contribution in [3.8, 4) is 0 Å². The number of nitrogens with zero attached hydrogens (tertiary/aromatic N) is 2. The molecule has 1 N–H and O–H groups in total. The van der Waals surface area contributed by atoms with E-state index in [2.05, 4.69) is 73.1 Å². The van der Waals surface area contributed by atoms with E-state index in [4.69, 9.17) is 0 Å². The zero-order valence-electron chi connectivity index (χ0n) is 9.46. The van der Waals surface area contributed by atoms with Crippen LogP contribution in [0.4, 0.5) is 11.5 Å². The predicted octanol–water partition coefficient (Wildman–Crippen LogP) is 4.36. The molecule has 2 aromatic rings. The molecule has 0 aliphatic carbocycles. The molecule has 2 rings (SSSR count). The first kappa shape index (κ1) is 12.5. The molecule has 5 heteroatoms. The second-order valence-electron chi connectivity index (χ2n) is 3.77. The summed E-state index contributed by atoms with van der Waals surface area (Å²) >= 11 is 6.87. The lowest BCUT2D eigenvalue weighted by molar-refractivity contribution is 1.14. The normalized spacial score (nSPS) is 10.4. The fourth-order valence-corrected chi connectivity index (χ4v) is 2.11. The van der Waals surface area contributed by atoms with E-state index in [-0.39, 0.29) is 0 Å². The molecule has 0 aliphatic heterocycles. The molecule has 88 valence electrons. The summed E-state index contributed by atoms with van der Waals surface area (Å²) in [5, 5.41) is 3.25. The van der Waals surface area contributed by atoms with Crippen LogP contribution in [0.15, 0.2) is 33.6 Å². The number of hydrogen-bond acceptors (Lipinski definition) is 3. The van der Waals surface area contributed by atoms with Gasteiger partial charge in [-0.05, 0) is 53.0 Å². The maximum absolute atomic E-state index is 4.15. The van der Waals surface area contributed by atoms with Crippen LogP contribution in [0.2, 0.25) is 0 Å². The lowest BCUT2D eigenvalue weighted by Gasteiger charge is -2.09. The molecule has 0 saturated carbocycles. The van der Waals surface area contributed by atoms with E-state index in [9.17, 15) is 0 Å². The van der Waals surface area contributed by atoms with E-state index < -0.39 is 0 Å². The Morgan fingerprint density at radius 1 is 1.00 bits per heavy atom. The van der Waals surface area contributed by atoms with Crippen molar-refractivity contribution in [1.82, 2.24) is 9.97 Å². The van der Waals surface area contributed by atoms with Gasteiger partial charge in [0.1, 0.15) is 16.7 Å². The Labute approximate surface area is 117 Å². The third-order valence-electron chi connectivity index (χ3n) is 2.34. The number of aromatic nitrogens is 2. The molecule has 0 saturated heterocycles. The van der Waals surface area contributed by atoms with Gasteiger partial charge in [-0.25, -0.2) is 9.97 Å². The monoisotopic (exact) mass is 355 g/mol. The van der Waals surface area contributed by atoms with Gasteiger partial charge in [0.2, 0.25) is 0 Å². The minimum Gasteiger partial charge on any atom is -0.340 e. The van der Waals surface area contributed by atoms with Gasteiger partial charge in [-0.2, -0.15) is 0 Å². The van der Waals surface area contributed by atoms with E-state index >= 15 is 0 Å². The van der Waals surface area contributed by atoms with Crippen molar-refractivity contribution >= 4 is 43.4 Å². The molecule has 0 radical (unpaired) electrons. The maximum atomic E-state index is 4.15. The topological polar surface area (TPSA) is 37.8 Å². The summed E-state index contributed by atoms with van der Waals surface area (Å²) in [6.07, 6.45) is 1.52. The van der Waals surface area contributed by atoms with E-state index in [1.807, 2.05) is 6.07 Å². The molecule has 0 fully saturated rings. The first-order chi connectivity index (χ1) is 8.06. The SMILES string of the molecule is Cc1cc(Nc2cc(Br)ncn2)cc(C)c1Br. The average Bonchev–Trinajstić information content (AvgIpc) is 2.26. The molecule has 0 atom stereocenters. The van der Waals surface area contributed by atoms with Crippen LogP contribution in [-0.2, 0) is 0 Å². The van der Waals surface area contributed by atoms with Gasteiger partial charge in [0.15, 0.2) is 0 Å².